The molecule has 0 saturated carbocycles. The van der Waals surface area contributed by atoms with Gasteiger partial charge in [-0.2, -0.15) is 0 Å². The van der Waals surface area contributed by atoms with Crippen LogP contribution in [-0.4, -0.2) is 19.6 Å². The highest BCUT2D eigenvalue weighted by Crippen LogP contribution is 2.19. The van der Waals surface area contributed by atoms with Crippen LogP contribution >= 0.6 is 12.4 Å². The number of carbonyl (C=O) groups excluding carboxylic acids is 1. The van der Waals surface area contributed by atoms with E-state index in [-0.39, 0.29) is 36.5 Å². The zero-order valence-corrected chi connectivity index (χ0v) is 16.8. The van der Waals surface area contributed by atoms with Gasteiger partial charge in [-0.3, -0.25) is 4.79 Å². The van der Waals surface area contributed by atoms with E-state index in [4.69, 9.17) is 10.5 Å². The van der Waals surface area contributed by atoms with Gasteiger partial charge in [0.1, 0.15) is 0 Å². The Morgan fingerprint density at radius 3 is 2.33 bits per heavy atom. The van der Waals surface area contributed by atoms with Crippen molar-refractivity contribution in [2.24, 2.45) is 5.73 Å². The van der Waals surface area contributed by atoms with Crippen molar-refractivity contribution in [3.8, 4) is 5.75 Å². The number of nitrogens with two attached hydrogens (primary N) is 1. The Kier molecular flexibility index (Phi) is 9.26. The Hall–Kier alpha value is -2.11. The van der Waals surface area contributed by atoms with Gasteiger partial charge in [-0.15, -0.1) is 12.4 Å². The lowest BCUT2D eigenvalue weighted by atomic mass is 9.99. The molecule has 4 nitrogen and oxygen atoms in total. The molecule has 148 valence electrons. The Morgan fingerprint density at radius 2 is 1.78 bits per heavy atom. The van der Waals surface area contributed by atoms with Crippen LogP contribution < -0.4 is 15.8 Å². The summed E-state index contributed by atoms with van der Waals surface area (Å²) in [5.41, 5.74) is 9.16. The summed E-state index contributed by atoms with van der Waals surface area (Å²) < 4.78 is 18.5. The Labute approximate surface area is 166 Å². The summed E-state index contributed by atoms with van der Waals surface area (Å²) in [6, 6.07) is 12.6. The summed E-state index contributed by atoms with van der Waals surface area (Å²) in [5, 5.41) is 2.84. The minimum absolute atomic E-state index is 0. The van der Waals surface area contributed by atoms with Crippen LogP contribution in [0, 0.1) is 5.82 Å². The lowest BCUT2D eigenvalue weighted by Gasteiger charge is -2.14. The van der Waals surface area contributed by atoms with E-state index in [1.807, 2.05) is 12.1 Å². The highest BCUT2D eigenvalue weighted by atomic mass is 35.5. The molecule has 0 aliphatic carbocycles. The van der Waals surface area contributed by atoms with E-state index < -0.39 is 5.82 Å². The number of rotatable bonds is 8. The van der Waals surface area contributed by atoms with Gasteiger partial charge in [-0.05, 0) is 41.2 Å². The molecule has 0 spiro atoms. The molecule has 27 heavy (non-hydrogen) atoms. The SMILES string of the molecule is COc1ccc(CCC(=O)NCC(N)c2ccc(C(C)C)cc2)cc1F.Cl. The number of halogens is 2. The molecule has 1 amide bonds. The van der Waals surface area contributed by atoms with Gasteiger partial charge >= 0.3 is 0 Å². The predicted molar refractivity (Wildman–Crippen MR) is 109 cm³/mol. The zero-order valence-electron chi connectivity index (χ0n) is 16.0. The maximum Gasteiger partial charge on any atom is 0.220 e. The van der Waals surface area contributed by atoms with Crippen molar-refractivity contribution >= 4 is 18.3 Å². The van der Waals surface area contributed by atoms with Crippen molar-refractivity contribution in [1.82, 2.24) is 5.32 Å². The molecular weight excluding hydrogens is 367 g/mol. The van der Waals surface area contributed by atoms with Gasteiger partial charge in [0.15, 0.2) is 11.6 Å². The fourth-order valence-electron chi connectivity index (χ4n) is 2.68. The summed E-state index contributed by atoms with van der Waals surface area (Å²) in [5.74, 6) is 0.156. The Balaban J connectivity index is 0.00000364. The predicted octanol–water partition coefficient (Wildman–Crippen LogP) is 4.13. The average molecular weight is 395 g/mol. The molecule has 1 unspecified atom stereocenters. The smallest absolute Gasteiger partial charge is 0.220 e. The van der Waals surface area contributed by atoms with E-state index in [1.165, 1.54) is 18.7 Å². The first kappa shape index (κ1) is 22.9. The van der Waals surface area contributed by atoms with Gasteiger partial charge in [0.05, 0.1) is 7.11 Å². The van der Waals surface area contributed by atoms with Gasteiger partial charge in [-0.1, -0.05) is 44.2 Å². The molecular formula is C21H28ClFN2O2. The molecule has 0 fully saturated rings. The van der Waals surface area contributed by atoms with E-state index in [0.29, 0.717) is 18.9 Å². The molecule has 0 saturated heterocycles. The average Bonchev–Trinajstić information content (AvgIpc) is 2.64. The van der Waals surface area contributed by atoms with E-state index >= 15 is 0 Å². The lowest BCUT2D eigenvalue weighted by molar-refractivity contribution is -0.121. The molecule has 2 aromatic rings. The zero-order chi connectivity index (χ0) is 19.1. The monoisotopic (exact) mass is 394 g/mol. The van der Waals surface area contributed by atoms with Gasteiger partial charge < -0.3 is 15.8 Å². The molecule has 1 atom stereocenters. The largest absolute Gasteiger partial charge is 0.494 e. The third-order valence-electron chi connectivity index (χ3n) is 4.41. The van der Waals surface area contributed by atoms with E-state index in [9.17, 15) is 9.18 Å². The molecule has 0 radical (unpaired) electrons. The van der Waals surface area contributed by atoms with E-state index in [1.54, 1.807) is 12.1 Å². The van der Waals surface area contributed by atoms with Crippen molar-refractivity contribution in [3.05, 3.63) is 65.0 Å². The van der Waals surface area contributed by atoms with E-state index in [0.717, 1.165) is 11.1 Å². The number of amides is 1. The standard InChI is InChI=1S/C21H27FN2O2.ClH/c1-14(2)16-6-8-17(9-7-16)19(23)13-24-21(25)11-5-15-4-10-20(26-3)18(22)12-15;/h4,6-10,12,14,19H,5,11,13,23H2,1-3H3,(H,24,25);1H. The van der Waals surface area contributed by atoms with Crippen LogP contribution in [0.5, 0.6) is 5.75 Å². The van der Waals surface area contributed by atoms with Crippen LogP contribution in [0.15, 0.2) is 42.5 Å². The highest BCUT2D eigenvalue weighted by Gasteiger charge is 2.10. The van der Waals surface area contributed by atoms with Crippen LogP contribution in [-0.2, 0) is 11.2 Å². The van der Waals surface area contributed by atoms with Crippen molar-refractivity contribution in [2.45, 2.75) is 38.6 Å². The van der Waals surface area contributed by atoms with Crippen molar-refractivity contribution in [2.75, 3.05) is 13.7 Å². The normalized spacial score (nSPS) is 11.6. The molecule has 0 aliphatic heterocycles. The third-order valence-corrected chi connectivity index (χ3v) is 4.41. The lowest BCUT2D eigenvalue weighted by Crippen LogP contribution is -2.32. The molecule has 2 rings (SSSR count). The minimum Gasteiger partial charge on any atom is -0.494 e. The van der Waals surface area contributed by atoms with Gasteiger partial charge in [0, 0.05) is 19.0 Å². The molecule has 3 N–H and O–H groups in total. The number of hydrogen-bond donors (Lipinski definition) is 2. The maximum absolute atomic E-state index is 13.7. The van der Waals surface area contributed by atoms with Crippen LogP contribution in [0.25, 0.3) is 0 Å². The number of methoxy groups -OCH3 is 1. The topological polar surface area (TPSA) is 64.3 Å². The second-order valence-electron chi connectivity index (χ2n) is 6.70. The third kappa shape index (κ3) is 6.85. The fraction of sp³-hybridized carbons (Fsp3) is 0.381. The molecule has 2 aromatic carbocycles. The van der Waals surface area contributed by atoms with Gasteiger partial charge in [-0.25, -0.2) is 4.39 Å². The minimum atomic E-state index is -0.419. The number of carbonyl (C=O) groups is 1. The van der Waals surface area contributed by atoms with Gasteiger partial charge in [0.2, 0.25) is 5.91 Å². The van der Waals surface area contributed by atoms with Crippen LogP contribution in [0.3, 0.4) is 0 Å². The van der Waals surface area contributed by atoms with Crippen molar-refractivity contribution in [1.29, 1.82) is 0 Å². The first-order valence-electron chi connectivity index (χ1n) is 8.85. The van der Waals surface area contributed by atoms with Crippen molar-refractivity contribution in [3.63, 3.8) is 0 Å². The molecule has 0 aromatic heterocycles. The maximum atomic E-state index is 13.7. The highest BCUT2D eigenvalue weighted by molar-refractivity contribution is 5.85. The quantitative estimate of drug-likeness (QED) is 0.707. The van der Waals surface area contributed by atoms with Crippen LogP contribution in [0.4, 0.5) is 4.39 Å². The number of nitrogens with one attached hydrogen (secondary N) is 1. The van der Waals surface area contributed by atoms with Crippen LogP contribution in [0.2, 0.25) is 0 Å². The molecule has 6 heteroatoms. The summed E-state index contributed by atoms with van der Waals surface area (Å²) in [6.07, 6.45) is 0.746. The number of aryl methyl sites for hydroxylation is 1. The Morgan fingerprint density at radius 1 is 1.15 bits per heavy atom. The first-order chi connectivity index (χ1) is 12.4. The van der Waals surface area contributed by atoms with E-state index in [2.05, 4.69) is 31.3 Å². The molecule has 0 aliphatic rings. The number of ether oxygens (including phenoxy) is 1. The summed E-state index contributed by atoms with van der Waals surface area (Å²) in [4.78, 5) is 12.0. The molecule has 0 heterocycles. The van der Waals surface area contributed by atoms with Crippen LogP contribution in [0.1, 0.15) is 48.9 Å². The van der Waals surface area contributed by atoms with Crippen molar-refractivity contribution < 1.29 is 13.9 Å². The summed E-state index contributed by atoms with van der Waals surface area (Å²) >= 11 is 0. The summed E-state index contributed by atoms with van der Waals surface area (Å²) in [6.45, 7) is 4.66. The fourth-order valence-corrected chi connectivity index (χ4v) is 2.68. The van der Waals surface area contributed by atoms with Gasteiger partial charge in [0.25, 0.3) is 0 Å². The second kappa shape index (κ2) is 10.9. The summed E-state index contributed by atoms with van der Waals surface area (Å²) in [7, 11) is 1.42. The second-order valence-corrected chi connectivity index (χ2v) is 6.70. The first-order valence-corrected chi connectivity index (χ1v) is 8.85. The number of benzene rings is 2. The Bertz CT molecular complexity index is 735. The molecule has 0 bridgehead atoms. The number of hydrogen-bond acceptors (Lipinski definition) is 3.